The number of rotatable bonds is 7. The van der Waals surface area contributed by atoms with Gasteiger partial charge in [-0.05, 0) is 54.1 Å². The number of benzene rings is 3. The van der Waals surface area contributed by atoms with Crippen molar-refractivity contribution in [3.8, 4) is 5.75 Å². The van der Waals surface area contributed by atoms with Gasteiger partial charge in [-0.3, -0.25) is 9.59 Å². The van der Waals surface area contributed by atoms with Gasteiger partial charge in [0.2, 0.25) is 5.91 Å². The summed E-state index contributed by atoms with van der Waals surface area (Å²) in [5, 5.41) is 6.96. The van der Waals surface area contributed by atoms with E-state index in [2.05, 4.69) is 15.8 Å². The molecule has 0 unspecified atom stereocenters. The van der Waals surface area contributed by atoms with Crippen LogP contribution in [0.25, 0.3) is 6.08 Å². The molecule has 166 valence electrons. The molecule has 2 N–H and O–H groups in total. The van der Waals surface area contributed by atoms with Gasteiger partial charge in [0.1, 0.15) is 5.75 Å². The molecule has 0 fully saturated rings. The first-order chi connectivity index (χ1) is 15.9. The number of nitrogens with zero attached hydrogens (tertiary/aromatic N) is 1. The van der Waals surface area contributed by atoms with Gasteiger partial charge in [-0.25, -0.2) is 10.2 Å². The van der Waals surface area contributed by atoms with Gasteiger partial charge in [-0.1, -0.05) is 41.9 Å². The van der Waals surface area contributed by atoms with Crippen LogP contribution in [0.4, 0.5) is 5.69 Å². The molecule has 0 heterocycles. The van der Waals surface area contributed by atoms with Crippen LogP contribution in [0.5, 0.6) is 5.75 Å². The van der Waals surface area contributed by atoms with Crippen molar-refractivity contribution in [1.29, 1.82) is 0 Å². The topological polar surface area (TPSA) is 96.9 Å². The standard InChI is InChI=1S/C25H20ClN3O4/c1-17(30)28-22-11-8-19(9-12-22)25(32)29-27-16-20-15-21(26)10-13-23(20)33-24(31)14-7-18-5-3-2-4-6-18/h2-16H,1H3,(H,28,30)(H,29,32)/b14-7+,27-16+. The Kier molecular flexibility index (Phi) is 8.10. The number of ether oxygens (including phenoxy) is 1. The van der Waals surface area contributed by atoms with Crippen LogP contribution in [0.3, 0.4) is 0 Å². The molecule has 3 rings (SSSR count). The molecule has 0 aliphatic heterocycles. The normalized spacial score (nSPS) is 10.8. The van der Waals surface area contributed by atoms with E-state index in [1.807, 2.05) is 30.3 Å². The minimum atomic E-state index is -0.570. The summed E-state index contributed by atoms with van der Waals surface area (Å²) < 4.78 is 5.39. The minimum Gasteiger partial charge on any atom is -0.423 e. The molecular formula is C25H20ClN3O4. The van der Waals surface area contributed by atoms with Gasteiger partial charge in [-0.15, -0.1) is 0 Å². The number of nitrogens with one attached hydrogen (secondary N) is 2. The van der Waals surface area contributed by atoms with Crippen molar-refractivity contribution >= 4 is 47.4 Å². The molecule has 0 atom stereocenters. The van der Waals surface area contributed by atoms with Gasteiger partial charge in [0.15, 0.2) is 0 Å². The second kappa shape index (κ2) is 11.4. The molecule has 0 aliphatic rings. The number of hydrogen-bond donors (Lipinski definition) is 2. The van der Waals surface area contributed by atoms with Crippen LogP contribution >= 0.6 is 11.6 Å². The van der Waals surface area contributed by atoms with E-state index in [4.69, 9.17) is 16.3 Å². The Morgan fingerprint density at radius 2 is 1.70 bits per heavy atom. The highest BCUT2D eigenvalue weighted by Crippen LogP contribution is 2.22. The van der Waals surface area contributed by atoms with E-state index in [-0.39, 0.29) is 11.7 Å². The van der Waals surface area contributed by atoms with Crippen molar-refractivity contribution in [3.05, 3.63) is 101 Å². The molecule has 0 spiro atoms. The summed E-state index contributed by atoms with van der Waals surface area (Å²) in [6.07, 6.45) is 4.29. The molecule has 0 saturated carbocycles. The monoisotopic (exact) mass is 461 g/mol. The zero-order valence-corrected chi connectivity index (χ0v) is 18.4. The largest absolute Gasteiger partial charge is 0.423 e. The van der Waals surface area contributed by atoms with Gasteiger partial charge in [0, 0.05) is 34.8 Å². The number of anilines is 1. The fourth-order valence-electron chi connectivity index (χ4n) is 2.72. The van der Waals surface area contributed by atoms with Crippen LogP contribution in [-0.2, 0) is 9.59 Å². The summed E-state index contributed by atoms with van der Waals surface area (Å²) in [5.74, 6) is -0.990. The Labute approximate surface area is 195 Å². The van der Waals surface area contributed by atoms with Crippen molar-refractivity contribution in [2.24, 2.45) is 5.10 Å². The fraction of sp³-hybridized carbons (Fsp3) is 0.0400. The molecule has 8 heteroatoms. The van der Waals surface area contributed by atoms with Gasteiger partial charge in [-0.2, -0.15) is 5.10 Å². The molecule has 7 nitrogen and oxygen atoms in total. The average molecular weight is 462 g/mol. The van der Waals surface area contributed by atoms with Crippen LogP contribution in [0.2, 0.25) is 5.02 Å². The number of hydrogen-bond acceptors (Lipinski definition) is 5. The lowest BCUT2D eigenvalue weighted by molar-refractivity contribution is -0.128. The van der Waals surface area contributed by atoms with Gasteiger partial charge >= 0.3 is 5.97 Å². The first-order valence-corrected chi connectivity index (χ1v) is 10.2. The Morgan fingerprint density at radius 1 is 0.970 bits per heavy atom. The molecule has 0 saturated heterocycles. The Bertz CT molecular complexity index is 1210. The first kappa shape index (κ1) is 23.4. The number of hydrazone groups is 1. The fourth-order valence-corrected chi connectivity index (χ4v) is 2.90. The van der Waals surface area contributed by atoms with Crippen LogP contribution in [0, 0.1) is 0 Å². The molecule has 0 bridgehead atoms. The smallest absolute Gasteiger partial charge is 0.336 e. The zero-order valence-electron chi connectivity index (χ0n) is 17.6. The molecule has 0 aliphatic carbocycles. The molecule has 0 radical (unpaired) electrons. The molecule has 0 aromatic heterocycles. The molecule has 3 aromatic carbocycles. The average Bonchev–Trinajstić information content (AvgIpc) is 2.80. The molecule has 3 aromatic rings. The Balaban J connectivity index is 1.64. The summed E-state index contributed by atoms with van der Waals surface area (Å²) in [6.45, 7) is 1.40. The predicted molar refractivity (Wildman–Crippen MR) is 128 cm³/mol. The van der Waals surface area contributed by atoms with E-state index >= 15 is 0 Å². The second-order valence-electron chi connectivity index (χ2n) is 6.80. The van der Waals surface area contributed by atoms with E-state index in [1.54, 1.807) is 48.5 Å². The lowest BCUT2D eigenvalue weighted by atomic mass is 10.2. The zero-order chi connectivity index (χ0) is 23.6. The lowest BCUT2D eigenvalue weighted by Gasteiger charge is -2.06. The number of carbonyl (C=O) groups is 3. The van der Waals surface area contributed by atoms with E-state index in [0.29, 0.717) is 21.8 Å². The van der Waals surface area contributed by atoms with E-state index < -0.39 is 11.9 Å². The van der Waals surface area contributed by atoms with Crippen LogP contribution < -0.4 is 15.5 Å². The van der Waals surface area contributed by atoms with E-state index in [9.17, 15) is 14.4 Å². The maximum atomic E-state index is 12.3. The van der Waals surface area contributed by atoms with Crippen molar-refractivity contribution in [2.45, 2.75) is 6.92 Å². The first-order valence-electron chi connectivity index (χ1n) is 9.86. The molecule has 33 heavy (non-hydrogen) atoms. The van der Waals surface area contributed by atoms with Crippen molar-refractivity contribution in [1.82, 2.24) is 5.43 Å². The lowest BCUT2D eigenvalue weighted by Crippen LogP contribution is -2.17. The van der Waals surface area contributed by atoms with Crippen molar-refractivity contribution in [3.63, 3.8) is 0 Å². The van der Waals surface area contributed by atoms with E-state index in [0.717, 1.165) is 5.56 Å². The third kappa shape index (κ3) is 7.45. The number of carbonyl (C=O) groups excluding carboxylic acids is 3. The minimum absolute atomic E-state index is 0.203. The molecule has 2 amide bonds. The van der Waals surface area contributed by atoms with Crippen molar-refractivity contribution < 1.29 is 19.1 Å². The highest BCUT2D eigenvalue weighted by molar-refractivity contribution is 6.31. The van der Waals surface area contributed by atoms with Crippen LogP contribution in [0.15, 0.2) is 84.0 Å². The third-order valence-corrected chi connectivity index (χ3v) is 4.47. The Hall–Kier alpha value is -4.23. The van der Waals surface area contributed by atoms with Gasteiger partial charge in [0.05, 0.1) is 6.21 Å². The van der Waals surface area contributed by atoms with E-state index in [1.165, 1.54) is 19.2 Å². The predicted octanol–water partition coefficient (Wildman–Crippen LogP) is 4.68. The van der Waals surface area contributed by atoms with Gasteiger partial charge in [0.25, 0.3) is 5.91 Å². The van der Waals surface area contributed by atoms with Gasteiger partial charge < -0.3 is 10.1 Å². The highest BCUT2D eigenvalue weighted by Gasteiger charge is 2.08. The quantitative estimate of drug-likeness (QED) is 0.175. The second-order valence-corrected chi connectivity index (χ2v) is 7.24. The van der Waals surface area contributed by atoms with Crippen molar-refractivity contribution in [2.75, 3.05) is 5.32 Å². The van der Waals surface area contributed by atoms with Crippen LogP contribution in [-0.4, -0.2) is 24.0 Å². The maximum Gasteiger partial charge on any atom is 0.336 e. The summed E-state index contributed by atoms with van der Waals surface area (Å²) in [6, 6.07) is 20.4. The number of amides is 2. The SMILES string of the molecule is CC(=O)Nc1ccc(C(=O)N/N=C/c2cc(Cl)ccc2OC(=O)/C=C/c2ccccc2)cc1. The summed E-state index contributed by atoms with van der Waals surface area (Å²) in [4.78, 5) is 35.6. The Morgan fingerprint density at radius 3 is 2.39 bits per heavy atom. The van der Waals surface area contributed by atoms with Crippen LogP contribution in [0.1, 0.15) is 28.4 Å². The summed E-state index contributed by atoms with van der Waals surface area (Å²) >= 11 is 6.05. The maximum absolute atomic E-state index is 12.3. The highest BCUT2D eigenvalue weighted by atomic mass is 35.5. The number of esters is 1. The third-order valence-electron chi connectivity index (χ3n) is 4.23. The number of halogens is 1. The summed E-state index contributed by atoms with van der Waals surface area (Å²) in [7, 11) is 0. The summed E-state index contributed by atoms with van der Waals surface area (Å²) in [5.41, 5.74) is 4.60. The molecular weight excluding hydrogens is 442 g/mol.